The van der Waals surface area contributed by atoms with Crippen LogP contribution in [0, 0.1) is 0 Å². The first kappa shape index (κ1) is 18.0. The Kier molecular flexibility index (Phi) is 6.01. The number of hydrogen-bond donors (Lipinski definition) is 1. The molecule has 0 atom stereocenters. The summed E-state index contributed by atoms with van der Waals surface area (Å²) in [6.07, 6.45) is 4.68. The van der Waals surface area contributed by atoms with Crippen molar-refractivity contribution in [1.29, 1.82) is 0 Å². The van der Waals surface area contributed by atoms with E-state index in [1.165, 1.54) is 0 Å². The normalized spacial score (nSPS) is 16.2. The van der Waals surface area contributed by atoms with E-state index in [0.717, 1.165) is 12.8 Å². The summed E-state index contributed by atoms with van der Waals surface area (Å²) in [5.74, 6) is -0.0192. The van der Waals surface area contributed by atoms with E-state index in [1.807, 2.05) is 39.0 Å². The van der Waals surface area contributed by atoms with Crippen LogP contribution >= 0.6 is 0 Å². The van der Waals surface area contributed by atoms with E-state index in [0.29, 0.717) is 18.7 Å². The molecule has 1 heterocycles. The molecular formula is C19H26N2O3. The van der Waals surface area contributed by atoms with E-state index < -0.39 is 5.60 Å². The molecule has 1 amide bonds. The number of piperidine rings is 1. The number of ether oxygens (including phenoxy) is 1. The highest BCUT2D eigenvalue weighted by Crippen LogP contribution is 2.15. The average molecular weight is 330 g/mol. The Bertz CT molecular complexity index is 582. The third-order valence-corrected chi connectivity index (χ3v) is 3.77. The summed E-state index contributed by atoms with van der Waals surface area (Å²) in [5.41, 5.74) is 0.211. The van der Waals surface area contributed by atoms with Gasteiger partial charge in [0.05, 0.1) is 0 Å². The van der Waals surface area contributed by atoms with Crippen molar-refractivity contribution < 1.29 is 14.3 Å². The largest absolute Gasteiger partial charge is 0.444 e. The molecule has 0 aliphatic carbocycles. The monoisotopic (exact) mass is 330 g/mol. The quantitative estimate of drug-likeness (QED) is 0.679. The number of hydrogen-bond acceptors (Lipinski definition) is 4. The van der Waals surface area contributed by atoms with Crippen molar-refractivity contribution in [3.63, 3.8) is 0 Å². The first-order valence-electron chi connectivity index (χ1n) is 8.35. The number of benzene rings is 1. The fourth-order valence-corrected chi connectivity index (χ4v) is 2.51. The van der Waals surface area contributed by atoms with Crippen LogP contribution in [0.25, 0.3) is 0 Å². The van der Waals surface area contributed by atoms with Crippen molar-refractivity contribution in [2.45, 2.75) is 45.3 Å². The lowest BCUT2D eigenvalue weighted by atomic mass is 10.1. The first-order valence-corrected chi connectivity index (χ1v) is 8.35. The molecule has 0 radical (unpaired) electrons. The molecule has 0 bridgehead atoms. The maximum Gasteiger partial charge on any atom is 0.410 e. The van der Waals surface area contributed by atoms with Gasteiger partial charge in [0.2, 0.25) is 0 Å². The molecule has 0 saturated carbocycles. The average Bonchev–Trinajstić information content (AvgIpc) is 2.54. The molecule has 1 aromatic carbocycles. The molecule has 1 aliphatic rings. The van der Waals surface area contributed by atoms with E-state index in [-0.39, 0.29) is 17.9 Å². The van der Waals surface area contributed by atoms with Gasteiger partial charge in [-0.1, -0.05) is 30.3 Å². The van der Waals surface area contributed by atoms with Crippen LogP contribution < -0.4 is 5.32 Å². The summed E-state index contributed by atoms with van der Waals surface area (Å²) in [5, 5.41) is 3.25. The highest BCUT2D eigenvalue weighted by atomic mass is 16.6. The minimum atomic E-state index is -0.466. The molecule has 0 spiro atoms. The Labute approximate surface area is 143 Å². The maximum atomic E-state index is 12.0. The summed E-state index contributed by atoms with van der Waals surface area (Å²) >= 11 is 0. The lowest BCUT2D eigenvalue weighted by Crippen LogP contribution is -2.45. The van der Waals surface area contributed by atoms with Gasteiger partial charge in [-0.05, 0) is 33.6 Å². The zero-order valence-corrected chi connectivity index (χ0v) is 14.6. The van der Waals surface area contributed by atoms with Gasteiger partial charge in [0.1, 0.15) is 5.60 Å². The number of ketones is 1. The van der Waals surface area contributed by atoms with Crippen molar-refractivity contribution in [3.8, 4) is 0 Å². The van der Waals surface area contributed by atoms with Crippen molar-refractivity contribution in [3.05, 3.63) is 48.2 Å². The third kappa shape index (κ3) is 5.72. The van der Waals surface area contributed by atoms with Crippen molar-refractivity contribution in [1.82, 2.24) is 10.2 Å². The third-order valence-electron chi connectivity index (χ3n) is 3.77. The number of amides is 1. The lowest BCUT2D eigenvalue weighted by Gasteiger charge is -2.33. The molecule has 2 rings (SSSR count). The highest BCUT2D eigenvalue weighted by molar-refractivity contribution is 6.04. The van der Waals surface area contributed by atoms with Gasteiger partial charge in [-0.15, -0.1) is 0 Å². The number of nitrogens with one attached hydrogen (secondary N) is 1. The molecule has 130 valence electrons. The summed E-state index contributed by atoms with van der Waals surface area (Å²) in [7, 11) is 0. The van der Waals surface area contributed by atoms with Crippen molar-refractivity contribution >= 4 is 11.9 Å². The Morgan fingerprint density at radius 2 is 1.79 bits per heavy atom. The second-order valence-electron chi connectivity index (χ2n) is 6.97. The second kappa shape index (κ2) is 7.99. The zero-order valence-electron chi connectivity index (χ0n) is 14.6. The van der Waals surface area contributed by atoms with Crippen LogP contribution in [0.1, 0.15) is 44.0 Å². The van der Waals surface area contributed by atoms with Crippen molar-refractivity contribution in [2.75, 3.05) is 13.1 Å². The highest BCUT2D eigenvalue weighted by Gasteiger charge is 2.26. The smallest absolute Gasteiger partial charge is 0.410 e. The Morgan fingerprint density at radius 3 is 2.38 bits per heavy atom. The number of allylic oxidation sites excluding steroid dienone is 1. The second-order valence-corrected chi connectivity index (χ2v) is 6.97. The predicted octanol–water partition coefficient (Wildman–Crippen LogP) is 3.37. The van der Waals surface area contributed by atoms with Gasteiger partial charge in [-0.2, -0.15) is 0 Å². The van der Waals surface area contributed by atoms with Crippen LogP contribution in [-0.4, -0.2) is 41.5 Å². The van der Waals surface area contributed by atoms with Crippen LogP contribution in [0.3, 0.4) is 0 Å². The molecule has 0 aromatic heterocycles. The number of carbonyl (C=O) groups is 2. The Hall–Kier alpha value is -2.30. The summed E-state index contributed by atoms with van der Waals surface area (Å²) in [6.45, 7) is 6.93. The first-order chi connectivity index (χ1) is 11.3. The fraction of sp³-hybridized carbons (Fsp3) is 0.474. The Balaban J connectivity index is 1.74. The van der Waals surface area contributed by atoms with Gasteiger partial charge in [0.25, 0.3) is 0 Å². The number of nitrogens with zero attached hydrogens (tertiary/aromatic N) is 1. The molecule has 1 aliphatic heterocycles. The van der Waals surface area contributed by atoms with Gasteiger partial charge in [-0.3, -0.25) is 4.79 Å². The summed E-state index contributed by atoms with van der Waals surface area (Å²) in [6, 6.07) is 9.44. The van der Waals surface area contributed by atoms with Crippen LogP contribution in [0.4, 0.5) is 4.79 Å². The number of likely N-dealkylation sites (tertiary alicyclic amines) is 1. The van der Waals surface area contributed by atoms with Gasteiger partial charge in [-0.25, -0.2) is 4.79 Å². The number of rotatable bonds is 4. The predicted molar refractivity (Wildman–Crippen MR) is 93.9 cm³/mol. The topological polar surface area (TPSA) is 58.6 Å². The summed E-state index contributed by atoms with van der Waals surface area (Å²) in [4.78, 5) is 25.7. The molecule has 1 aromatic rings. The van der Waals surface area contributed by atoms with Crippen LogP contribution in [-0.2, 0) is 4.74 Å². The molecule has 5 heteroatoms. The van der Waals surface area contributed by atoms with E-state index in [9.17, 15) is 9.59 Å². The molecule has 5 nitrogen and oxygen atoms in total. The summed E-state index contributed by atoms with van der Waals surface area (Å²) < 4.78 is 5.38. The van der Waals surface area contributed by atoms with Gasteiger partial charge < -0.3 is 15.0 Å². The van der Waals surface area contributed by atoms with Crippen LogP contribution in [0.5, 0.6) is 0 Å². The Morgan fingerprint density at radius 1 is 1.17 bits per heavy atom. The molecular weight excluding hydrogens is 304 g/mol. The van der Waals surface area contributed by atoms with E-state index >= 15 is 0 Å². The van der Waals surface area contributed by atoms with E-state index in [4.69, 9.17) is 4.74 Å². The van der Waals surface area contributed by atoms with E-state index in [2.05, 4.69) is 5.32 Å². The van der Waals surface area contributed by atoms with E-state index in [1.54, 1.807) is 29.3 Å². The lowest BCUT2D eigenvalue weighted by molar-refractivity contribution is 0.0201. The van der Waals surface area contributed by atoms with Crippen molar-refractivity contribution in [2.24, 2.45) is 0 Å². The molecule has 0 unspecified atom stereocenters. The molecule has 1 fully saturated rings. The molecule has 1 saturated heterocycles. The SMILES string of the molecule is CC(C)(C)OC(=O)N1CCC(N/C=C\C(=O)c2ccccc2)CC1. The zero-order chi connectivity index (χ0) is 17.6. The molecule has 1 N–H and O–H groups in total. The van der Waals surface area contributed by atoms with Gasteiger partial charge >= 0.3 is 6.09 Å². The van der Waals surface area contributed by atoms with Crippen LogP contribution in [0.2, 0.25) is 0 Å². The number of carbonyl (C=O) groups excluding carboxylic acids is 2. The minimum absolute atomic E-state index is 0.0192. The van der Waals surface area contributed by atoms with Gasteiger partial charge in [0, 0.05) is 37.0 Å². The maximum absolute atomic E-state index is 12.0. The molecule has 24 heavy (non-hydrogen) atoms. The fourth-order valence-electron chi connectivity index (χ4n) is 2.51. The van der Waals surface area contributed by atoms with Crippen LogP contribution in [0.15, 0.2) is 42.6 Å². The standard InChI is InChI=1S/C19H26N2O3/c1-19(2,3)24-18(23)21-13-10-16(11-14-21)20-12-9-17(22)15-7-5-4-6-8-15/h4-9,12,16,20H,10-11,13-14H2,1-3H3/b12-9-. The van der Waals surface area contributed by atoms with Gasteiger partial charge in [0.15, 0.2) is 5.78 Å². The minimum Gasteiger partial charge on any atom is -0.444 e.